The topological polar surface area (TPSA) is 89.0 Å². The molecule has 3 aromatic heterocycles. The van der Waals surface area contributed by atoms with E-state index >= 15 is 0 Å². The highest BCUT2D eigenvalue weighted by Gasteiger charge is 2.33. The van der Waals surface area contributed by atoms with Crippen molar-refractivity contribution in [2.24, 2.45) is 5.92 Å². The molecule has 1 aliphatic carbocycles. The Labute approximate surface area is 145 Å². The molecule has 2 N–H and O–H groups in total. The van der Waals surface area contributed by atoms with E-state index in [4.69, 9.17) is 4.42 Å². The fourth-order valence-electron chi connectivity index (χ4n) is 3.50. The third-order valence-electron chi connectivity index (χ3n) is 4.64. The van der Waals surface area contributed by atoms with E-state index in [-0.39, 0.29) is 12.1 Å². The SMILES string of the molecule is Cc1nc(N[C@@H]2CC(Cn3ccnc3)C[C@H]2O)cc(-c2ccoc2)n1. The molecule has 0 aliphatic heterocycles. The highest BCUT2D eigenvalue weighted by molar-refractivity contribution is 5.61. The van der Waals surface area contributed by atoms with Crippen LogP contribution in [-0.4, -0.2) is 36.8 Å². The van der Waals surface area contributed by atoms with E-state index in [1.807, 2.05) is 31.6 Å². The predicted molar refractivity (Wildman–Crippen MR) is 92.8 cm³/mol. The van der Waals surface area contributed by atoms with Crippen molar-refractivity contribution in [1.82, 2.24) is 19.5 Å². The van der Waals surface area contributed by atoms with Gasteiger partial charge >= 0.3 is 0 Å². The minimum Gasteiger partial charge on any atom is -0.472 e. The second-order valence-corrected chi connectivity index (χ2v) is 6.61. The molecule has 1 saturated carbocycles. The maximum absolute atomic E-state index is 10.4. The van der Waals surface area contributed by atoms with Gasteiger partial charge in [0.1, 0.15) is 11.6 Å². The van der Waals surface area contributed by atoms with Crippen LogP contribution in [0.15, 0.2) is 47.8 Å². The summed E-state index contributed by atoms with van der Waals surface area (Å²) in [5.74, 6) is 1.83. The summed E-state index contributed by atoms with van der Waals surface area (Å²) in [5.41, 5.74) is 1.73. The highest BCUT2D eigenvalue weighted by atomic mass is 16.3. The summed E-state index contributed by atoms with van der Waals surface area (Å²) < 4.78 is 7.20. The Morgan fingerprint density at radius 1 is 1.36 bits per heavy atom. The number of aromatic nitrogens is 4. The van der Waals surface area contributed by atoms with Gasteiger partial charge in [0.25, 0.3) is 0 Å². The van der Waals surface area contributed by atoms with Crippen LogP contribution in [-0.2, 0) is 6.54 Å². The standard InChI is InChI=1S/C18H21N5O2/c1-12-20-15(14-2-5-25-10-14)8-18(21-12)22-16-6-13(7-17(16)24)9-23-4-3-19-11-23/h2-5,8,10-11,13,16-17,24H,6-7,9H2,1H3,(H,20,21,22)/t13?,16-,17-/m1/s1. The van der Waals surface area contributed by atoms with E-state index in [2.05, 4.69) is 24.8 Å². The highest BCUT2D eigenvalue weighted by Crippen LogP contribution is 2.30. The van der Waals surface area contributed by atoms with Crippen molar-refractivity contribution in [3.63, 3.8) is 0 Å². The van der Waals surface area contributed by atoms with Gasteiger partial charge in [-0.25, -0.2) is 15.0 Å². The van der Waals surface area contributed by atoms with Gasteiger partial charge in [0.05, 0.1) is 36.7 Å². The number of anilines is 1. The second-order valence-electron chi connectivity index (χ2n) is 6.61. The van der Waals surface area contributed by atoms with Crippen LogP contribution in [0, 0.1) is 12.8 Å². The van der Waals surface area contributed by atoms with Crippen LogP contribution in [0.3, 0.4) is 0 Å². The van der Waals surface area contributed by atoms with Crippen LogP contribution < -0.4 is 5.32 Å². The number of imidazole rings is 1. The molecule has 0 aromatic carbocycles. The number of nitrogens with one attached hydrogen (secondary N) is 1. The summed E-state index contributed by atoms with van der Waals surface area (Å²) in [5, 5.41) is 13.8. The fourth-order valence-corrected chi connectivity index (χ4v) is 3.50. The van der Waals surface area contributed by atoms with E-state index in [9.17, 15) is 5.11 Å². The first-order chi connectivity index (χ1) is 12.2. The average Bonchev–Trinajstić information content (AvgIpc) is 3.31. The number of furan rings is 1. The average molecular weight is 339 g/mol. The molecule has 4 rings (SSSR count). The first-order valence-corrected chi connectivity index (χ1v) is 8.46. The van der Waals surface area contributed by atoms with Crippen molar-refractivity contribution >= 4 is 5.82 Å². The van der Waals surface area contributed by atoms with Gasteiger partial charge in [0.2, 0.25) is 0 Å². The first kappa shape index (κ1) is 15.8. The molecule has 1 unspecified atom stereocenters. The minimum atomic E-state index is -0.388. The largest absolute Gasteiger partial charge is 0.472 e. The smallest absolute Gasteiger partial charge is 0.130 e. The maximum Gasteiger partial charge on any atom is 0.130 e. The lowest BCUT2D eigenvalue weighted by molar-refractivity contribution is 0.166. The van der Waals surface area contributed by atoms with E-state index in [0.29, 0.717) is 11.7 Å². The zero-order valence-corrected chi connectivity index (χ0v) is 14.0. The third kappa shape index (κ3) is 3.56. The van der Waals surface area contributed by atoms with E-state index in [0.717, 1.165) is 36.5 Å². The van der Waals surface area contributed by atoms with Gasteiger partial charge in [-0.1, -0.05) is 0 Å². The van der Waals surface area contributed by atoms with Crippen LogP contribution in [0.2, 0.25) is 0 Å². The Bertz CT molecular complexity index is 816. The Balaban J connectivity index is 1.46. The molecule has 0 radical (unpaired) electrons. The van der Waals surface area contributed by atoms with Crippen molar-refractivity contribution in [3.8, 4) is 11.3 Å². The van der Waals surface area contributed by atoms with Crippen LogP contribution >= 0.6 is 0 Å². The quantitative estimate of drug-likeness (QED) is 0.742. The molecule has 0 bridgehead atoms. The summed E-state index contributed by atoms with van der Waals surface area (Å²) in [4.78, 5) is 13.0. The Morgan fingerprint density at radius 2 is 2.28 bits per heavy atom. The van der Waals surface area contributed by atoms with Crippen LogP contribution in [0.4, 0.5) is 5.82 Å². The molecule has 130 valence electrons. The number of nitrogens with zero attached hydrogens (tertiary/aromatic N) is 4. The molecule has 1 aliphatic rings. The van der Waals surface area contributed by atoms with E-state index < -0.39 is 0 Å². The molecule has 7 heteroatoms. The molecule has 25 heavy (non-hydrogen) atoms. The number of aliphatic hydroxyl groups is 1. The van der Waals surface area contributed by atoms with Crippen molar-refractivity contribution in [3.05, 3.63) is 49.2 Å². The molecule has 3 heterocycles. The minimum absolute atomic E-state index is 0.0139. The van der Waals surface area contributed by atoms with E-state index in [1.54, 1.807) is 18.7 Å². The number of aryl methyl sites for hydroxylation is 1. The van der Waals surface area contributed by atoms with Crippen LogP contribution in [0.25, 0.3) is 11.3 Å². The summed E-state index contributed by atoms with van der Waals surface area (Å²) in [6, 6.07) is 3.75. The molecule has 0 amide bonds. The zero-order valence-electron chi connectivity index (χ0n) is 14.0. The van der Waals surface area contributed by atoms with Gasteiger partial charge in [0.15, 0.2) is 0 Å². The molecular weight excluding hydrogens is 318 g/mol. The number of hydrogen-bond donors (Lipinski definition) is 2. The third-order valence-corrected chi connectivity index (χ3v) is 4.64. The normalized spacial score (nSPS) is 23.0. The van der Waals surface area contributed by atoms with Crippen molar-refractivity contribution in [2.75, 3.05) is 5.32 Å². The fraction of sp³-hybridized carbons (Fsp3) is 0.389. The molecule has 1 fully saturated rings. The van der Waals surface area contributed by atoms with Gasteiger partial charge in [-0.15, -0.1) is 0 Å². The Hall–Kier alpha value is -2.67. The summed E-state index contributed by atoms with van der Waals surface area (Å²) in [6.07, 6.45) is 10.1. The van der Waals surface area contributed by atoms with Gasteiger partial charge < -0.3 is 19.4 Å². The molecule has 3 atom stereocenters. The zero-order chi connectivity index (χ0) is 17.2. The van der Waals surface area contributed by atoms with Gasteiger partial charge in [0, 0.05) is 30.6 Å². The number of aliphatic hydroxyl groups excluding tert-OH is 1. The molecular formula is C18H21N5O2. The lowest BCUT2D eigenvalue weighted by Crippen LogP contribution is -2.28. The Morgan fingerprint density at radius 3 is 3.04 bits per heavy atom. The molecule has 7 nitrogen and oxygen atoms in total. The number of rotatable bonds is 5. The predicted octanol–water partition coefficient (Wildman–Crippen LogP) is 2.49. The molecule has 3 aromatic rings. The van der Waals surface area contributed by atoms with Crippen LogP contribution in [0.1, 0.15) is 18.7 Å². The summed E-state index contributed by atoms with van der Waals surface area (Å²) in [7, 11) is 0. The second kappa shape index (κ2) is 6.68. The summed E-state index contributed by atoms with van der Waals surface area (Å²) in [6.45, 7) is 2.74. The first-order valence-electron chi connectivity index (χ1n) is 8.46. The van der Waals surface area contributed by atoms with Gasteiger partial charge in [-0.05, 0) is 31.7 Å². The van der Waals surface area contributed by atoms with Crippen molar-refractivity contribution in [2.45, 2.75) is 38.5 Å². The van der Waals surface area contributed by atoms with Gasteiger partial charge in [-0.3, -0.25) is 0 Å². The monoisotopic (exact) mass is 339 g/mol. The summed E-state index contributed by atoms with van der Waals surface area (Å²) >= 11 is 0. The van der Waals surface area contributed by atoms with E-state index in [1.165, 1.54) is 0 Å². The molecule has 0 spiro atoms. The van der Waals surface area contributed by atoms with Gasteiger partial charge in [-0.2, -0.15) is 0 Å². The lowest BCUT2D eigenvalue weighted by Gasteiger charge is -2.17. The number of hydrogen-bond acceptors (Lipinski definition) is 6. The van der Waals surface area contributed by atoms with Crippen molar-refractivity contribution in [1.29, 1.82) is 0 Å². The lowest BCUT2D eigenvalue weighted by atomic mass is 10.1. The van der Waals surface area contributed by atoms with Crippen LogP contribution in [0.5, 0.6) is 0 Å². The molecule has 0 saturated heterocycles. The Kier molecular flexibility index (Phi) is 4.23. The maximum atomic E-state index is 10.4. The van der Waals surface area contributed by atoms with Crippen molar-refractivity contribution < 1.29 is 9.52 Å².